The van der Waals surface area contributed by atoms with Gasteiger partial charge in [-0.2, -0.15) is 0 Å². The number of benzene rings is 2. The first-order valence-corrected chi connectivity index (χ1v) is 9.31. The second-order valence-corrected chi connectivity index (χ2v) is 7.01. The highest BCUT2D eigenvalue weighted by molar-refractivity contribution is 6.58. The van der Waals surface area contributed by atoms with Gasteiger partial charge in [-0.05, 0) is 51.0 Å². The van der Waals surface area contributed by atoms with Crippen LogP contribution in [0.1, 0.15) is 28.3 Å². The van der Waals surface area contributed by atoms with Crippen molar-refractivity contribution in [3.63, 3.8) is 0 Å². The molecule has 1 aromatic heterocycles. The molecule has 1 heterocycles. The van der Waals surface area contributed by atoms with Gasteiger partial charge in [0, 0.05) is 19.0 Å². The Kier molecular flexibility index (Phi) is 5.64. The number of halogens is 1. The number of aromatic nitrogens is 2. The Balaban J connectivity index is 1.39. The summed E-state index contributed by atoms with van der Waals surface area (Å²) in [6.45, 7) is 0.730. The summed E-state index contributed by atoms with van der Waals surface area (Å²) in [5.41, 5.74) is 3.37. The van der Waals surface area contributed by atoms with Gasteiger partial charge in [0.05, 0.1) is 0 Å². The molecule has 2 aromatic carbocycles. The zero-order chi connectivity index (χ0) is 21.1. The van der Waals surface area contributed by atoms with Crippen LogP contribution in [-0.4, -0.2) is 45.1 Å². The van der Waals surface area contributed by atoms with Crippen LogP contribution in [0.15, 0.2) is 52.2 Å². The molecule has 0 radical (unpaired) electrons. The van der Waals surface area contributed by atoms with E-state index >= 15 is 0 Å². The number of anilines is 1. The molecule has 5 N–H and O–H groups in total. The second kappa shape index (κ2) is 8.51. The minimum absolute atomic E-state index is 0.0723. The SMILES string of the molecule is O/N=C(\NC[C@H]1Cc2ccc(F)cc21)c1nonc1NCc1cccc(B(O)O)c1. The van der Waals surface area contributed by atoms with Gasteiger partial charge in [-0.1, -0.05) is 35.5 Å². The van der Waals surface area contributed by atoms with E-state index < -0.39 is 7.12 Å². The van der Waals surface area contributed by atoms with Gasteiger partial charge in [0.1, 0.15) is 5.82 Å². The van der Waals surface area contributed by atoms with E-state index in [0.717, 1.165) is 23.1 Å². The molecule has 1 aliphatic rings. The average Bonchev–Trinajstić information content (AvgIpc) is 3.20. The first-order chi connectivity index (χ1) is 14.5. The number of amidine groups is 1. The Hall–Kier alpha value is -3.44. The predicted octanol–water partition coefficient (Wildman–Crippen LogP) is 0.566. The molecule has 0 saturated carbocycles. The van der Waals surface area contributed by atoms with Gasteiger partial charge >= 0.3 is 7.12 Å². The lowest BCUT2D eigenvalue weighted by atomic mass is 9.77. The highest BCUT2D eigenvalue weighted by Gasteiger charge is 2.27. The van der Waals surface area contributed by atoms with E-state index in [0.29, 0.717) is 18.6 Å². The Bertz CT molecular complexity index is 1070. The van der Waals surface area contributed by atoms with Crippen LogP contribution in [0, 0.1) is 5.82 Å². The summed E-state index contributed by atoms with van der Waals surface area (Å²) in [5.74, 6) is 0.143. The predicted molar refractivity (Wildman–Crippen MR) is 107 cm³/mol. The van der Waals surface area contributed by atoms with Crippen molar-refractivity contribution in [2.24, 2.45) is 5.16 Å². The number of hydrogen-bond acceptors (Lipinski definition) is 8. The van der Waals surface area contributed by atoms with Crippen LogP contribution in [0.2, 0.25) is 0 Å². The quantitative estimate of drug-likeness (QED) is 0.125. The lowest BCUT2D eigenvalue weighted by Gasteiger charge is -2.30. The molecule has 0 fully saturated rings. The van der Waals surface area contributed by atoms with Crippen LogP contribution < -0.4 is 16.1 Å². The normalized spacial score (nSPS) is 15.3. The van der Waals surface area contributed by atoms with Crippen molar-refractivity contribution in [1.29, 1.82) is 0 Å². The average molecular weight is 411 g/mol. The van der Waals surface area contributed by atoms with Gasteiger partial charge in [-0.3, -0.25) is 0 Å². The molecule has 0 bridgehead atoms. The number of oxime groups is 1. The van der Waals surface area contributed by atoms with Gasteiger partial charge in [-0.15, -0.1) is 0 Å². The monoisotopic (exact) mass is 411 g/mol. The van der Waals surface area contributed by atoms with Crippen LogP contribution in [0.5, 0.6) is 0 Å². The van der Waals surface area contributed by atoms with Crippen LogP contribution in [-0.2, 0) is 13.0 Å². The number of nitrogens with zero attached hydrogens (tertiary/aromatic N) is 3. The Morgan fingerprint density at radius 1 is 1.23 bits per heavy atom. The van der Waals surface area contributed by atoms with E-state index in [2.05, 4.69) is 26.1 Å². The minimum Gasteiger partial charge on any atom is -0.423 e. The third-order valence-corrected chi connectivity index (χ3v) is 5.05. The maximum absolute atomic E-state index is 13.4. The standard InChI is InChI=1S/C19H19BFN5O4/c21-15-5-4-12-7-13(16(12)8-15)10-23-18(24-29)17-19(26-30-25-17)22-9-11-2-1-3-14(6-11)20(27)28/h1-6,8,13,27-29H,7,9-10H2,(H,22,26)(H,23,24)/t13-/m1/s1. The fourth-order valence-electron chi connectivity index (χ4n) is 3.45. The van der Waals surface area contributed by atoms with Crippen molar-refractivity contribution >= 4 is 24.2 Å². The molecule has 0 amide bonds. The molecule has 1 atom stereocenters. The summed E-state index contributed by atoms with van der Waals surface area (Å²) in [4.78, 5) is 0. The zero-order valence-electron chi connectivity index (χ0n) is 15.8. The molecule has 30 heavy (non-hydrogen) atoms. The molecule has 0 aliphatic heterocycles. The summed E-state index contributed by atoms with van der Waals surface area (Å²) in [6, 6.07) is 11.5. The lowest BCUT2D eigenvalue weighted by Crippen LogP contribution is -2.34. The molecule has 0 spiro atoms. The van der Waals surface area contributed by atoms with E-state index in [1.54, 1.807) is 30.3 Å². The third-order valence-electron chi connectivity index (χ3n) is 5.05. The van der Waals surface area contributed by atoms with E-state index in [4.69, 9.17) is 4.63 Å². The number of nitrogens with one attached hydrogen (secondary N) is 2. The van der Waals surface area contributed by atoms with Gasteiger partial charge in [0.25, 0.3) is 0 Å². The van der Waals surface area contributed by atoms with Crippen molar-refractivity contribution in [2.75, 3.05) is 11.9 Å². The Morgan fingerprint density at radius 2 is 2.10 bits per heavy atom. The van der Waals surface area contributed by atoms with E-state index in [9.17, 15) is 19.6 Å². The third kappa shape index (κ3) is 4.12. The maximum Gasteiger partial charge on any atom is 0.488 e. The summed E-state index contributed by atoms with van der Waals surface area (Å²) in [5, 5.41) is 44.8. The number of fused-ring (bicyclic) bond motifs is 1. The van der Waals surface area contributed by atoms with Crippen molar-refractivity contribution in [1.82, 2.24) is 15.6 Å². The van der Waals surface area contributed by atoms with E-state index in [1.807, 2.05) is 0 Å². The maximum atomic E-state index is 13.4. The summed E-state index contributed by atoms with van der Waals surface area (Å²) in [7, 11) is -1.56. The van der Waals surface area contributed by atoms with Crippen molar-refractivity contribution in [3.05, 3.63) is 70.7 Å². The Labute approximate surface area is 171 Å². The summed E-state index contributed by atoms with van der Waals surface area (Å²) in [6.07, 6.45) is 0.802. The first-order valence-electron chi connectivity index (χ1n) is 9.31. The van der Waals surface area contributed by atoms with Gasteiger partial charge in [0.15, 0.2) is 11.5 Å². The van der Waals surface area contributed by atoms with Gasteiger partial charge in [-0.25, -0.2) is 9.02 Å². The zero-order valence-corrected chi connectivity index (χ0v) is 15.8. The van der Waals surface area contributed by atoms with Gasteiger partial charge < -0.3 is 25.9 Å². The van der Waals surface area contributed by atoms with E-state index in [1.165, 1.54) is 12.1 Å². The second-order valence-electron chi connectivity index (χ2n) is 7.01. The van der Waals surface area contributed by atoms with Crippen molar-refractivity contribution < 1.29 is 24.3 Å². The molecule has 1 aliphatic carbocycles. The smallest absolute Gasteiger partial charge is 0.423 e. The first kappa shape index (κ1) is 19.9. The molecule has 11 heteroatoms. The van der Waals surface area contributed by atoms with Crippen LogP contribution in [0.3, 0.4) is 0 Å². The van der Waals surface area contributed by atoms with Gasteiger partial charge in [0.2, 0.25) is 5.82 Å². The highest BCUT2D eigenvalue weighted by atomic mass is 19.1. The fourth-order valence-corrected chi connectivity index (χ4v) is 3.45. The number of rotatable bonds is 7. The minimum atomic E-state index is -1.56. The largest absolute Gasteiger partial charge is 0.488 e. The lowest BCUT2D eigenvalue weighted by molar-refractivity contribution is 0.303. The highest BCUT2D eigenvalue weighted by Crippen LogP contribution is 2.35. The molecule has 0 saturated heterocycles. The molecule has 9 nitrogen and oxygen atoms in total. The molecule has 4 rings (SSSR count). The van der Waals surface area contributed by atoms with Crippen LogP contribution in [0.25, 0.3) is 0 Å². The van der Waals surface area contributed by atoms with E-state index in [-0.39, 0.29) is 29.1 Å². The van der Waals surface area contributed by atoms with Crippen LogP contribution in [0.4, 0.5) is 10.2 Å². The molecule has 0 unspecified atom stereocenters. The topological polar surface area (TPSA) is 136 Å². The van der Waals surface area contributed by atoms with Crippen LogP contribution >= 0.6 is 0 Å². The van der Waals surface area contributed by atoms with Crippen molar-refractivity contribution in [3.8, 4) is 0 Å². The Morgan fingerprint density at radius 3 is 2.90 bits per heavy atom. The fraction of sp³-hybridized carbons (Fsp3) is 0.211. The summed E-state index contributed by atoms with van der Waals surface area (Å²) >= 11 is 0. The molecular weight excluding hydrogens is 392 g/mol. The number of hydrogen-bond donors (Lipinski definition) is 5. The molecule has 3 aromatic rings. The summed E-state index contributed by atoms with van der Waals surface area (Å²) < 4.78 is 18.2. The molecular formula is C19H19BFN5O4. The molecule has 154 valence electrons. The van der Waals surface area contributed by atoms with Crippen molar-refractivity contribution in [2.45, 2.75) is 18.9 Å².